The lowest BCUT2D eigenvalue weighted by molar-refractivity contribution is -0.118. The van der Waals surface area contributed by atoms with Crippen LogP contribution < -0.4 is 5.32 Å². The number of thioether (sulfide) groups is 1. The molecule has 0 aliphatic rings. The van der Waals surface area contributed by atoms with E-state index in [0.717, 1.165) is 11.3 Å². The Balaban J connectivity index is 1.66. The van der Waals surface area contributed by atoms with E-state index in [4.69, 9.17) is 0 Å². The Hall–Kier alpha value is -1.26. The average Bonchev–Trinajstić information content (AvgIpc) is 2.84. The first-order valence-electron chi connectivity index (χ1n) is 6.57. The SMILES string of the molecule is Cc1ccc(CNC(=O)CSCc2csc(C)c2)cc1. The second-order valence-corrected chi connectivity index (χ2v) is 6.92. The van der Waals surface area contributed by atoms with E-state index in [2.05, 4.69) is 54.9 Å². The Bertz CT molecular complexity index is 560. The zero-order valence-electron chi connectivity index (χ0n) is 11.8. The zero-order chi connectivity index (χ0) is 14.4. The molecule has 1 N–H and O–H groups in total. The van der Waals surface area contributed by atoms with Gasteiger partial charge < -0.3 is 5.32 Å². The van der Waals surface area contributed by atoms with Crippen molar-refractivity contribution in [3.8, 4) is 0 Å². The van der Waals surface area contributed by atoms with Crippen LogP contribution in [0.4, 0.5) is 0 Å². The minimum Gasteiger partial charge on any atom is -0.351 e. The second-order valence-electron chi connectivity index (χ2n) is 4.82. The summed E-state index contributed by atoms with van der Waals surface area (Å²) in [6.45, 7) is 4.77. The van der Waals surface area contributed by atoms with Crippen molar-refractivity contribution in [3.63, 3.8) is 0 Å². The van der Waals surface area contributed by atoms with Crippen LogP contribution >= 0.6 is 23.1 Å². The van der Waals surface area contributed by atoms with E-state index in [0.29, 0.717) is 12.3 Å². The topological polar surface area (TPSA) is 29.1 Å². The summed E-state index contributed by atoms with van der Waals surface area (Å²) in [5.74, 6) is 1.52. The Morgan fingerprint density at radius 3 is 2.60 bits per heavy atom. The number of carbonyl (C=O) groups is 1. The fourth-order valence-electron chi connectivity index (χ4n) is 1.79. The molecule has 2 rings (SSSR count). The summed E-state index contributed by atoms with van der Waals surface area (Å²) in [6.07, 6.45) is 0. The molecule has 0 saturated carbocycles. The molecule has 4 heteroatoms. The molecule has 0 bridgehead atoms. The maximum absolute atomic E-state index is 11.7. The van der Waals surface area contributed by atoms with E-state index in [-0.39, 0.29) is 5.91 Å². The van der Waals surface area contributed by atoms with Gasteiger partial charge in [-0.15, -0.1) is 23.1 Å². The molecule has 2 nitrogen and oxygen atoms in total. The van der Waals surface area contributed by atoms with E-state index in [9.17, 15) is 4.79 Å². The van der Waals surface area contributed by atoms with Crippen molar-refractivity contribution in [3.05, 3.63) is 57.3 Å². The molecule has 0 unspecified atom stereocenters. The van der Waals surface area contributed by atoms with Crippen LogP contribution in [0.15, 0.2) is 35.7 Å². The highest BCUT2D eigenvalue weighted by Crippen LogP contribution is 2.18. The first kappa shape index (κ1) is 15.1. The highest BCUT2D eigenvalue weighted by Gasteiger charge is 2.03. The number of nitrogens with one attached hydrogen (secondary N) is 1. The molecule has 1 aromatic carbocycles. The van der Waals surface area contributed by atoms with Crippen LogP contribution in [0.5, 0.6) is 0 Å². The van der Waals surface area contributed by atoms with Crippen LogP contribution in [0.2, 0.25) is 0 Å². The summed E-state index contributed by atoms with van der Waals surface area (Å²) in [6, 6.07) is 10.4. The molecule has 0 radical (unpaired) electrons. The van der Waals surface area contributed by atoms with Gasteiger partial charge in [-0.1, -0.05) is 29.8 Å². The lowest BCUT2D eigenvalue weighted by Crippen LogP contribution is -2.24. The first-order chi connectivity index (χ1) is 9.63. The van der Waals surface area contributed by atoms with Crippen LogP contribution in [0.1, 0.15) is 21.6 Å². The Morgan fingerprint density at radius 1 is 1.20 bits per heavy atom. The Labute approximate surface area is 128 Å². The molecule has 1 amide bonds. The van der Waals surface area contributed by atoms with Crippen molar-refractivity contribution in [1.29, 1.82) is 0 Å². The number of aryl methyl sites for hydroxylation is 2. The van der Waals surface area contributed by atoms with Crippen molar-refractivity contribution in [2.45, 2.75) is 26.1 Å². The van der Waals surface area contributed by atoms with Gasteiger partial charge in [-0.2, -0.15) is 0 Å². The van der Waals surface area contributed by atoms with Crippen LogP contribution in [0.25, 0.3) is 0 Å². The Morgan fingerprint density at radius 2 is 1.95 bits per heavy atom. The standard InChI is InChI=1S/C16H19NOS2/c1-12-3-5-14(6-4-12)8-17-16(18)11-19-9-15-7-13(2)20-10-15/h3-7,10H,8-9,11H2,1-2H3,(H,17,18). The summed E-state index contributed by atoms with van der Waals surface area (Å²) in [5.41, 5.74) is 3.69. The third-order valence-corrected chi connectivity index (χ3v) is 4.81. The third-order valence-electron chi connectivity index (χ3n) is 2.90. The van der Waals surface area contributed by atoms with Crippen molar-refractivity contribution < 1.29 is 4.79 Å². The second kappa shape index (κ2) is 7.50. The van der Waals surface area contributed by atoms with Gasteiger partial charge in [-0.05, 0) is 36.4 Å². The molecule has 0 saturated heterocycles. The lowest BCUT2D eigenvalue weighted by atomic mass is 10.1. The monoisotopic (exact) mass is 305 g/mol. The number of carbonyl (C=O) groups excluding carboxylic acids is 1. The van der Waals surface area contributed by atoms with Gasteiger partial charge >= 0.3 is 0 Å². The third kappa shape index (κ3) is 5.02. The molecular formula is C16H19NOS2. The van der Waals surface area contributed by atoms with Gasteiger partial charge in [0, 0.05) is 17.2 Å². The molecular weight excluding hydrogens is 286 g/mol. The zero-order valence-corrected chi connectivity index (χ0v) is 13.4. The number of amides is 1. The van der Waals surface area contributed by atoms with Gasteiger partial charge in [0.25, 0.3) is 0 Å². The van der Waals surface area contributed by atoms with E-state index >= 15 is 0 Å². The number of thiophene rings is 1. The predicted molar refractivity (Wildman–Crippen MR) is 88.2 cm³/mol. The number of rotatable bonds is 6. The maximum Gasteiger partial charge on any atom is 0.230 e. The van der Waals surface area contributed by atoms with Gasteiger partial charge in [-0.25, -0.2) is 0 Å². The van der Waals surface area contributed by atoms with Gasteiger partial charge in [0.1, 0.15) is 0 Å². The fraction of sp³-hybridized carbons (Fsp3) is 0.312. The number of hydrogen-bond donors (Lipinski definition) is 1. The number of hydrogen-bond acceptors (Lipinski definition) is 3. The van der Waals surface area contributed by atoms with Crippen LogP contribution in [0, 0.1) is 13.8 Å². The Kier molecular flexibility index (Phi) is 5.68. The molecule has 106 valence electrons. The normalized spacial score (nSPS) is 10.5. The van der Waals surface area contributed by atoms with Crippen molar-refractivity contribution in [2.24, 2.45) is 0 Å². The largest absolute Gasteiger partial charge is 0.351 e. The van der Waals surface area contributed by atoms with Gasteiger partial charge in [0.15, 0.2) is 0 Å². The molecule has 0 aliphatic heterocycles. The summed E-state index contributed by atoms with van der Waals surface area (Å²) in [5, 5.41) is 5.11. The molecule has 1 aromatic heterocycles. The van der Waals surface area contributed by atoms with Gasteiger partial charge in [0.05, 0.1) is 5.75 Å². The highest BCUT2D eigenvalue weighted by atomic mass is 32.2. The summed E-state index contributed by atoms with van der Waals surface area (Å²) < 4.78 is 0. The van der Waals surface area contributed by atoms with E-state index < -0.39 is 0 Å². The molecule has 20 heavy (non-hydrogen) atoms. The van der Waals surface area contributed by atoms with E-state index in [1.807, 2.05) is 0 Å². The lowest BCUT2D eigenvalue weighted by Gasteiger charge is -2.05. The summed E-state index contributed by atoms with van der Waals surface area (Å²) >= 11 is 3.42. The minimum absolute atomic E-state index is 0.0996. The first-order valence-corrected chi connectivity index (χ1v) is 8.61. The summed E-state index contributed by atoms with van der Waals surface area (Å²) in [4.78, 5) is 13.1. The molecule has 0 spiro atoms. The van der Waals surface area contributed by atoms with E-state index in [1.165, 1.54) is 16.0 Å². The predicted octanol–water partition coefficient (Wildman–Crippen LogP) is 3.91. The van der Waals surface area contributed by atoms with Crippen molar-refractivity contribution >= 4 is 29.0 Å². The van der Waals surface area contributed by atoms with Crippen molar-refractivity contribution in [2.75, 3.05) is 5.75 Å². The smallest absolute Gasteiger partial charge is 0.230 e. The van der Waals surface area contributed by atoms with Crippen molar-refractivity contribution in [1.82, 2.24) is 5.32 Å². The number of benzene rings is 1. The van der Waals surface area contributed by atoms with Crippen LogP contribution in [-0.2, 0) is 17.1 Å². The quantitative estimate of drug-likeness (QED) is 0.876. The van der Waals surface area contributed by atoms with Gasteiger partial charge in [0.2, 0.25) is 5.91 Å². The molecule has 0 aliphatic carbocycles. The van der Waals surface area contributed by atoms with Crippen LogP contribution in [0.3, 0.4) is 0 Å². The average molecular weight is 305 g/mol. The fourth-order valence-corrected chi connectivity index (χ4v) is 3.40. The molecule has 1 heterocycles. The van der Waals surface area contributed by atoms with E-state index in [1.54, 1.807) is 23.1 Å². The molecule has 0 fully saturated rings. The maximum atomic E-state index is 11.7. The summed E-state index contributed by atoms with van der Waals surface area (Å²) in [7, 11) is 0. The molecule has 0 atom stereocenters. The van der Waals surface area contributed by atoms with Crippen LogP contribution in [-0.4, -0.2) is 11.7 Å². The van der Waals surface area contributed by atoms with Gasteiger partial charge in [-0.3, -0.25) is 4.79 Å². The molecule has 2 aromatic rings. The highest BCUT2D eigenvalue weighted by molar-refractivity contribution is 7.99. The minimum atomic E-state index is 0.0996.